The third-order valence-electron chi connectivity index (χ3n) is 4.16. The molecule has 2 aromatic carbocycles. The molecule has 118 valence electrons. The van der Waals surface area contributed by atoms with Gasteiger partial charge in [-0.1, -0.05) is 49.4 Å². The van der Waals surface area contributed by atoms with Gasteiger partial charge in [-0.15, -0.1) is 0 Å². The summed E-state index contributed by atoms with van der Waals surface area (Å²) < 4.78 is 0. The molecule has 4 N–H and O–H groups in total. The van der Waals surface area contributed by atoms with Crippen molar-refractivity contribution in [3.8, 4) is 22.5 Å². The summed E-state index contributed by atoms with van der Waals surface area (Å²) in [5, 5.41) is 9.23. The average Bonchev–Trinajstić information content (AvgIpc) is 3.15. The lowest BCUT2D eigenvalue weighted by molar-refractivity contribution is 0.217. The molecule has 1 aromatic heterocycles. The molecular weight excluding hydrogens is 286 g/mol. The number of aliphatic hydroxyl groups excluding tert-OH is 1. The summed E-state index contributed by atoms with van der Waals surface area (Å²) in [4.78, 5) is 7.42. The zero-order chi connectivity index (χ0) is 16.2. The number of imidazole rings is 1. The van der Waals surface area contributed by atoms with Gasteiger partial charge >= 0.3 is 0 Å². The number of nitrogens with two attached hydrogens (primary N) is 1. The molecule has 0 bridgehead atoms. The van der Waals surface area contributed by atoms with E-state index in [9.17, 15) is 5.11 Å². The first kappa shape index (κ1) is 15.5. The number of aliphatic hydroxyl groups is 1. The summed E-state index contributed by atoms with van der Waals surface area (Å²) in [7, 11) is 0. The van der Waals surface area contributed by atoms with Crippen LogP contribution in [0.15, 0.2) is 60.9 Å². The molecular formula is C19H21N3O. The van der Waals surface area contributed by atoms with Crippen molar-refractivity contribution >= 4 is 0 Å². The molecule has 4 nitrogen and oxygen atoms in total. The molecule has 23 heavy (non-hydrogen) atoms. The van der Waals surface area contributed by atoms with E-state index >= 15 is 0 Å². The molecule has 0 amide bonds. The molecule has 0 aliphatic carbocycles. The smallest absolute Gasteiger partial charge is 0.137 e. The van der Waals surface area contributed by atoms with Gasteiger partial charge in [-0.25, -0.2) is 4.98 Å². The number of hydrogen-bond acceptors (Lipinski definition) is 3. The van der Waals surface area contributed by atoms with E-state index in [2.05, 4.69) is 34.2 Å². The maximum absolute atomic E-state index is 9.23. The van der Waals surface area contributed by atoms with Crippen molar-refractivity contribution in [2.24, 2.45) is 11.7 Å². The molecule has 0 saturated heterocycles. The maximum Gasteiger partial charge on any atom is 0.137 e. The van der Waals surface area contributed by atoms with Gasteiger partial charge in [0.1, 0.15) is 5.82 Å². The minimum absolute atomic E-state index is 0.0446. The van der Waals surface area contributed by atoms with Crippen molar-refractivity contribution in [3.63, 3.8) is 0 Å². The van der Waals surface area contributed by atoms with Crippen LogP contribution in [0.25, 0.3) is 22.5 Å². The van der Waals surface area contributed by atoms with Crippen molar-refractivity contribution in [2.75, 3.05) is 6.61 Å². The number of nitrogens with one attached hydrogen (secondary N) is 1. The molecule has 2 atom stereocenters. The van der Waals surface area contributed by atoms with Crippen molar-refractivity contribution in [1.29, 1.82) is 0 Å². The molecule has 3 rings (SSSR count). The standard InChI is InChI=1S/C19H21N3O/c1-13(12-23)18(20)15-7-5-14(6-8-15)16-3-2-4-17(11-16)19-21-9-10-22-19/h2-11,13,18,23H,12,20H2,1H3,(H,21,22). The molecule has 3 aromatic rings. The Labute approximate surface area is 136 Å². The van der Waals surface area contributed by atoms with Gasteiger partial charge in [0.2, 0.25) is 0 Å². The third-order valence-corrected chi connectivity index (χ3v) is 4.16. The molecule has 0 spiro atoms. The number of hydrogen-bond donors (Lipinski definition) is 3. The molecule has 0 fully saturated rings. The van der Waals surface area contributed by atoms with E-state index in [1.165, 1.54) is 0 Å². The lowest BCUT2D eigenvalue weighted by Gasteiger charge is -2.18. The highest BCUT2D eigenvalue weighted by molar-refractivity contribution is 5.70. The Morgan fingerprint density at radius 2 is 1.83 bits per heavy atom. The fourth-order valence-electron chi connectivity index (χ4n) is 2.61. The summed E-state index contributed by atoms with van der Waals surface area (Å²) >= 11 is 0. The Morgan fingerprint density at radius 3 is 2.48 bits per heavy atom. The summed E-state index contributed by atoms with van der Waals surface area (Å²) in [5.74, 6) is 0.908. The number of nitrogens with zero attached hydrogens (tertiary/aromatic N) is 1. The van der Waals surface area contributed by atoms with Gasteiger partial charge in [-0.2, -0.15) is 0 Å². The molecule has 0 radical (unpaired) electrons. The summed E-state index contributed by atoms with van der Waals surface area (Å²) in [5.41, 5.74) is 10.5. The van der Waals surface area contributed by atoms with Crippen molar-refractivity contribution < 1.29 is 5.11 Å². The highest BCUT2D eigenvalue weighted by Crippen LogP contribution is 2.27. The number of benzene rings is 2. The van der Waals surface area contributed by atoms with E-state index < -0.39 is 0 Å². The normalized spacial score (nSPS) is 13.7. The van der Waals surface area contributed by atoms with Crippen molar-refractivity contribution in [2.45, 2.75) is 13.0 Å². The Balaban J connectivity index is 1.87. The molecule has 1 heterocycles. The average molecular weight is 307 g/mol. The summed E-state index contributed by atoms with van der Waals surface area (Å²) in [6.45, 7) is 2.04. The van der Waals surface area contributed by atoms with Crippen LogP contribution >= 0.6 is 0 Å². The minimum atomic E-state index is -0.150. The number of rotatable bonds is 5. The molecule has 0 saturated carbocycles. The van der Waals surface area contributed by atoms with Crippen LogP contribution in [-0.4, -0.2) is 21.7 Å². The second kappa shape index (κ2) is 6.77. The van der Waals surface area contributed by atoms with Crippen LogP contribution in [-0.2, 0) is 0 Å². The first-order valence-corrected chi connectivity index (χ1v) is 7.75. The van der Waals surface area contributed by atoms with E-state index in [1.807, 2.05) is 37.4 Å². The van der Waals surface area contributed by atoms with Crippen molar-refractivity contribution in [3.05, 3.63) is 66.5 Å². The van der Waals surface area contributed by atoms with Gasteiger partial charge in [-0.05, 0) is 28.7 Å². The van der Waals surface area contributed by atoms with E-state index in [1.54, 1.807) is 6.20 Å². The SMILES string of the molecule is CC(CO)C(N)c1ccc(-c2cccc(-c3ncc[nH]3)c2)cc1. The van der Waals surface area contributed by atoms with Gasteiger partial charge < -0.3 is 15.8 Å². The Hall–Kier alpha value is -2.43. The fraction of sp³-hybridized carbons (Fsp3) is 0.211. The van der Waals surface area contributed by atoms with Gasteiger partial charge in [0, 0.05) is 30.6 Å². The quantitative estimate of drug-likeness (QED) is 0.676. The van der Waals surface area contributed by atoms with Crippen LogP contribution in [0.4, 0.5) is 0 Å². The number of H-pyrrole nitrogens is 1. The first-order chi connectivity index (χ1) is 11.2. The van der Waals surface area contributed by atoms with Gasteiger partial charge in [0.15, 0.2) is 0 Å². The van der Waals surface area contributed by atoms with Crippen LogP contribution in [0, 0.1) is 5.92 Å². The van der Waals surface area contributed by atoms with E-state index in [0.717, 1.165) is 28.1 Å². The van der Waals surface area contributed by atoms with Gasteiger partial charge in [0.25, 0.3) is 0 Å². The Kier molecular flexibility index (Phi) is 4.55. The maximum atomic E-state index is 9.23. The molecule has 4 heteroatoms. The highest BCUT2D eigenvalue weighted by Gasteiger charge is 2.13. The van der Waals surface area contributed by atoms with E-state index in [-0.39, 0.29) is 18.6 Å². The number of aromatic nitrogens is 2. The van der Waals surface area contributed by atoms with E-state index in [4.69, 9.17) is 5.73 Å². The lowest BCUT2D eigenvalue weighted by atomic mass is 9.94. The Morgan fingerprint density at radius 1 is 1.09 bits per heavy atom. The third kappa shape index (κ3) is 3.33. The van der Waals surface area contributed by atoms with E-state index in [0.29, 0.717) is 0 Å². The van der Waals surface area contributed by atoms with Crippen molar-refractivity contribution in [1.82, 2.24) is 9.97 Å². The fourth-order valence-corrected chi connectivity index (χ4v) is 2.61. The van der Waals surface area contributed by atoms with Crippen LogP contribution in [0.3, 0.4) is 0 Å². The summed E-state index contributed by atoms with van der Waals surface area (Å²) in [6, 6.07) is 16.3. The summed E-state index contributed by atoms with van der Waals surface area (Å²) in [6.07, 6.45) is 3.57. The van der Waals surface area contributed by atoms with Crippen LogP contribution in [0.2, 0.25) is 0 Å². The zero-order valence-corrected chi connectivity index (χ0v) is 13.1. The topological polar surface area (TPSA) is 74.9 Å². The minimum Gasteiger partial charge on any atom is -0.396 e. The molecule has 0 aliphatic heterocycles. The Bertz CT molecular complexity index is 751. The largest absolute Gasteiger partial charge is 0.396 e. The molecule has 0 aliphatic rings. The second-order valence-electron chi connectivity index (χ2n) is 5.83. The first-order valence-electron chi connectivity index (χ1n) is 7.75. The predicted octanol–water partition coefficient (Wildman–Crippen LogP) is 3.37. The highest BCUT2D eigenvalue weighted by atomic mass is 16.3. The van der Waals surface area contributed by atoms with Gasteiger partial charge in [-0.3, -0.25) is 0 Å². The van der Waals surface area contributed by atoms with Gasteiger partial charge in [0.05, 0.1) is 0 Å². The monoisotopic (exact) mass is 307 g/mol. The van der Waals surface area contributed by atoms with Crippen LogP contribution < -0.4 is 5.73 Å². The van der Waals surface area contributed by atoms with Crippen LogP contribution in [0.1, 0.15) is 18.5 Å². The predicted molar refractivity (Wildman–Crippen MR) is 92.6 cm³/mol. The number of aromatic amines is 1. The molecule has 2 unspecified atom stereocenters. The van der Waals surface area contributed by atoms with Crippen LogP contribution in [0.5, 0.6) is 0 Å². The zero-order valence-electron chi connectivity index (χ0n) is 13.1. The second-order valence-corrected chi connectivity index (χ2v) is 5.83. The lowest BCUT2D eigenvalue weighted by Crippen LogP contribution is -2.21.